The van der Waals surface area contributed by atoms with Crippen LogP contribution in [0.1, 0.15) is 36.0 Å². The first-order chi connectivity index (χ1) is 6.18. The summed E-state index contributed by atoms with van der Waals surface area (Å²) >= 11 is 0. The zero-order valence-corrected chi connectivity index (χ0v) is 8.43. The number of rotatable bonds is 1. The van der Waals surface area contributed by atoms with Crippen LogP contribution in [0.2, 0.25) is 0 Å². The molecule has 0 aliphatic heterocycles. The Balaban J connectivity index is 2.46. The zero-order valence-electron chi connectivity index (χ0n) is 8.43. The lowest BCUT2D eigenvalue weighted by Gasteiger charge is -2.11. The van der Waals surface area contributed by atoms with E-state index in [0.717, 1.165) is 0 Å². The average Bonchev–Trinajstić information content (AvgIpc) is 2.46. The monoisotopic (exact) mass is 172 g/mol. The lowest BCUT2D eigenvalue weighted by Crippen LogP contribution is -1.93. The van der Waals surface area contributed by atoms with Gasteiger partial charge in [-0.3, -0.25) is 0 Å². The minimum Gasteiger partial charge on any atom is -0.0995 e. The Kier molecular flexibility index (Phi) is 1.99. The van der Waals surface area contributed by atoms with Crippen LogP contribution in [0.3, 0.4) is 0 Å². The summed E-state index contributed by atoms with van der Waals surface area (Å²) in [4.78, 5) is 0. The van der Waals surface area contributed by atoms with Crippen molar-refractivity contribution in [3.8, 4) is 0 Å². The van der Waals surface area contributed by atoms with Gasteiger partial charge in [0.25, 0.3) is 0 Å². The van der Waals surface area contributed by atoms with Gasteiger partial charge in [0.05, 0.1) is 0 Å². The van der Waals surface area contributed by atoms with Gasteiger partial charge in [0.2, 0.25) is 0 Å². The third kappa shape index (κ3) is 1.41. The molecule has 0 fully saturated rings. The third-order valence-electron chi connectivity index (χ3n) is 2.97. The molecule has 68 valence electrons. The fourth-order valence-electron chi connectivity index (χ4n) is 2.23. The molecular weight excluding hydrogens is 156 g/mol. The van der Waals surface area contributed by atoms with Gasteiger partial charge in [-0.25, -0.2) is 0 Å². The number of benzene rings is 1. The van der Waals surface area contributed by atoms with Crippen molar-refractivity contribution in [2.24, 2.45) is 0 Å². The molecule has 0 nitrogen and oxygen atoms in total. The third-order valence-corrected chi connectivity index (χ3v) is 2.97. The second-order valence-corrected chi connectivity index (χ2v) is 4.14. The maximum absolute atomic E-state index is 4.07. The maximum atomic E-state index is 4.07. The summed E-state index contributed by atoms with van der Waals surface area (Å²) < 4.78 is 0. The van der Waals surface area contributed by atoms with Crippen LogP contribution in [0, 0.1) is 6.92 Å². The summed E-state index contributed by atoms with van der Waals surface area (Å²) in [6.45, 7) is 8.37. The predicted molar refractivity (Wildman–Crippen MR) is 57.1 cm³/mol. The van der Waals surface area contributed by atoms with E-state index in [9.17, 15) is 0 Å². The molecule has 2 rings (SSSR count). The SMILES string of the molecule is C=C(C)C1CCc2ccc(C)cc21. The standard InChI is InChI=1S/C13H16/c1-9(2)12-7-6-11-5-4-10(3)8-13(11)12/h4-5,8,12H,1,6-7H2,2-3H3. The molecule has 1 aromatic carbocycles. The highest BCUT2D eigenvalue weighted by Crippen LogP contribution is 2.37. The van der Waals surface area contributed by atoms with E-state index in [4.69, 9.17) is 0 Å². The number of hydrogen-bond donors (Lipinski definition) is 0. The zero-order chi connectivity index (χ0) is 9.42. The molecule has 0 amide bonds. The van der Waals surface area contributed by atoms with E-state index in [1.165, 1.54) is 35.1 Å². The van der Waals surface area contributed by atoms with Crippen LogP contribution in [0.25, 0.3) is 0 Å². The van der Waals surface area contributed by atoms with E-state index in [1.807, 2.05) is 0 Å². The Labute approximate surface area is 80.3 Å². The summed E-state index contributed by atoms with van der Waals surface area (Å²) in [6, 6.07) is 6.80. The van der Waals surface area contributed by atoms with Crippen molar-refractivity contribution >= 4 is 0 Å². The lowest BCUT2D eigenvalue weighted by atomic mass is 9.94. The van der Waals surface area contributed by atoms with Gasteiger partial charge in [0, 0.05) is 5.92 Å². The molecule has 1 aliphatic carbocycles. The molecule has 1 aromatic rings. The summed E-state index contributed by atoms with van der Waals surface area (Å²) in [5.41, 5.74) is 5.72. The quantitative estimate of drug-likeness (QED) is 0.568. The summed E-state index contributed by atoms with van der Waals surface area (Å²) in [6.07, 6.45) is 2.49. The van der Waals surface area contributed by atoms with Gasteiger partial charge in [-0.2, -0.15) is 0 Å². The van der Waals surface area contributed by atoms with Gasteiger partial charge in [-0.1, -0.05) is 35.9 Å². The molecular formula is C13H16. The second-order valence-electron chi connectivity index (χ2n) is 4.14. The molecule has 0 bridgehead atoms. The Morgan fingerprint density at radius 3 is 2.92 bits per heavy atom. The smallest absolute Gasteiger partial charge is 0.00487 e. The largest absolute Gasteiger partial charge is 0.0995 e. The first-order valence-electron chi connectivity index (χ1n) is 4.93. The molecule has 0 aromatic heterocycles. The summed E-state index contributed by atoms with van der Waals surface area (Å²) in [5, 5.41) is 0. The average molecular weight is 172 g/mol. The van der Waals surface area contributed by atoms with Crippen LogP contribution in [-0.4, -0.2) is 0 Å². The number of fused-ring (bicyclic) bond motifs is 1. The van der Waals surface area contributed by atoms with Crippen LogP contribution < -0.4 is 0 Å². The van der Waals surface area contributed by atoms with Crippen molar-refractivity contribution in [3.63, 3.8) is 0 Å². The topological polar surface area (TPSA) is 0 Å². The molecule has 13 heavy (non-hydrogen) atoms. The van der Waals surface area contributed by atoms with E-state index in [1.54, 1.807) is 0 Å². The van der Waals surface area contributed by atoms with Crippen molar-refractivity contribution in [2.75, 3.05) is 0 Å². The van der Waals surface area contributed by atoms with Crippen molar-refractivity contribution in [1.82, 2.24) is 0 Å². The Bertz CT molecular complexity index is 347. The van der Waals surface area contributed by atoms with Crippen LogP contribution in [0.15, 0.2) is 30.4 Å². The van der Waals surface area contributed by atoms with Gasteiger partial charge in [0.15, 0.2) is 0 Å². The number of aryl methyl sites for hydroxylation is 2. The van der Waals surface area contributed by atoms with E-state index >= 15 is 0 Å². The fourth-order valence-corrected chi connectivity index (χ4v) is 2.23. The van der Waals surface area contributed by atoms with Crippen LogP contribution >= 0.6 is 0 Å². The van der Waals surface area contributed by atoms with Crippen molar-refractivity contribution in [3.05, 3.63) is 47.0 Å². The minimum absolute atomic E-state index is 0.620. The molecule has 0 spiro atoms. The molecule has 0 heterocycles. The van der Waals surface area contributed by atoms with Gasteiger partial charge in [-0.05, 0) is 37.8 Å². The molecule has 1 aliphatic rings. The maximum Gasteiger partial charge on any atom is 0.00487 e. The van der Waals surface area contributed by atoms with Crippen LogP contribution in [0.5, 0.6) is 0 Å². The van der Waals surface area contributed by atoms with Crippen molar-refractivity contribution < 1.29 is 0 Å². The summed E-state index contributed by atoms with van der Waals surface area (Å²) in [7, 11) is 0. The molecule has 0 radical (unpaired) electrons. The number of hydrogen-bond acceptors (Lipinski definition) is 0. The molecule has 1 atom stereocenters. The van der Waals surface area contributed by atoms with E-state index < -0.39 is 0 Å². The molecule has 0 N–H and O–H groups in total. The molecule has 1 unspecified atom stereocenters. The molecule has 0 saturated carbocycles. The van der Waals surface area contributed by atoms with Gasteiger partial charge in [0.1, 0.15) is 0 Å². The van der Waals surface area contributed by atoms with Crippen LogP contribution in [0.4, 0.5) is 0 Å². The van der Waals surface area contributed by atoms with Crippen molar-refractivity contribution in [1.29, 1.82) is 0 Å². The Hall–Kier alpha value is -1.04. The highest BCUT2D eigenvalue weighted by molar-refractivity contribution is 5.41. The van der Waals surface area contributed by atoms with E-state index in [-0.39, 0.29) is 0 Å². The first-order valence-corrected chi connectivity index (χ1v) is 4.93. The highest BCUT2D eigenvalue weighted by atomic mass is 14.3. The van der Waals surface area contributed by atoms with Crippen LogP contribution in [-0.2, 0) is 6.42 Å². The van der Waals surface area contributed by atoms with E-state index in [2.05, 4.69) is 38.6 Å². The molecule has 0 heteroatoms. The second kappa shape index (κ2) is 3.02. The number of allylic oxidation sites excluding steroid dienone is 1. The lowest BCUT2D eigenvalue weighted by molar-refractivity contribution is 0.774. The van der Waals surface area contributed by atoms with E-state index in [0.29, 0.717) is 5.92 Å². The van der Waals surface area contributed by atoms with Gasteiger partial charge in [-0.15, -0.1) is 0 Å². The van der Waals surface area contributed by atoms with Gasteiger partial charge >= 0.3 is 0 Å². The predicted octanol–water partition coefficient (Wildman–Crippen LogP) is 3.60. The fraction of sp³-hybridized carbons (Fsp3) is 0.385. The summed E-state index contributed by atoms with van der Waals surface area (Å²) in [5.74, 6) is 0.620. The Morgan fingerprint density at radius 2 is 2.23 bits per heavy atom. The Morgan fingerprint density at radius 1 is 1.46 bits per heavy atom. The highest BCUT2D eigenvalue weighted by Gasteiger charge is 2.22. The first kappa shape index (κ1) is 8.55. The van der Waals surface area contributed by atoms with Gasteiger partial charge < -0.3 is 0 Å². The van der Waals surface area contributed by atoms with Crippen molar-refractivity contribution in [2.45, 2.75) is 32.6 Å². The normalized spacial score (nSPS) is 20.0. The molecule has 0 saturated heterocycles. The minimum atomic E-state index is 0.620.